The Hall–Kier alpha value is -1.79. The summed E-state index contributed by atoms with van der Waals surface area (Å²) in [6, 6.07) is 13.8. The molecule has 0 amide bonds. The Bertz CT molecular complexity index is 604. The molecule has 2 aromatic carbocycles. The fraction of sp³-hybridized carbons (Fsp3) is 0.133. The van der Waals surface area contributed by atoms with Crippen LogP contribution in [0, 0.1) is 25.2 Å². The highest BCUT2D eigenvalue weighted by molar-refractivity contribution is 9.10. The summed E-state index contributed by atoms with van der Waals surface area (Å²) in [5.74, 6) is 0. The molecule has 2 aromatic rings. The van der Waals surface area contributed by atoms with Crippen LogP contribution < -0.4 is 5.32 Å². The van der Waals surface area contributed by atoms with Crippen LogP contribution in [0.4, 0.5) is 11.4 Å². The standard InChI is InChI=1S/C15H13BrN2/c1-10-7-13(8-11(2)15(10)16)18-14-6-4-3-5-12(14)9-17/h3-8,18H,1-2H3. The smallest absolute Gasteiger partial charge is 0.101 e. The molecule has 90 valence electrons. The number of nitrogens with zero attached hydrogens (tertiary/aromatic N) is 1. The normalized spacial score (nSPS) is 9.89. The topological polar surface area (TPSA) is 35.8 Å². The van der Waals surface area contributed by atoms with Crippen molar-refractivity contribution in [3.8, 4) is 6.07 Å². The van der Waals surface area contributed by atoms with Crippen LogP contribution in [0.5, 0.6) is 0 Å². The number of rotatable bonds is 2. The van der Waals surface area contributed by atoms with E-state index in [1.165, 1.54) is 11.1 Å². The maximum atomic E-state index is 9.05. The van der Waals surface area contributed by atoms with Gasteiger partial charge in [0.2, 0.25) is 0 Å². The predicted octanol–water partition coefficient (Wildman–Crippen LogP) is 4.68. The zero-order valence-electron chi connectivity index (χ0n) is 10.3. The van der Waals surface area contributed by atoms with Crippen LogP contribution >= 0.6 is 15.9 Å². The highest BCUT2D eigenvalue weighted by Gasteiger charge is 2.05. The lowest BCUT2D eigenvalue weighted by atomic mass is 10.1. The van der Waals surface area contributed by atoms with Crippen molar-refractivity contribution in [3.05, 3.63) is 57.6 Å². The monoisotopic (exact) mass is 300 g/mol. The fourth-order valence-corrected chi connectivity index (χ4v) is 2.09. The Kier molecular flexibility index (Phi) is 3.69. The zero-order valence-corrected chi connectivity index (χ0v) is 11.9. The number of anilines is 2. The van der Waals surface area contributed by atoms with Gasteiger partial charge in [0.25, 0.3) is 0 Å². The molecule has 0 heterocycles. The molecule has 2 nitrogen and oxygen atoms in total. The summed E-state index contributed by atoms with van der Waals surface area (Å²) in [5.41, 5.74) is 4.83. The molecule has 0 radical (unpaired) electrons. The minimum absolute atomic E-state index is 0.649. The first-order valence-corrected chi connectivity index (χ1v) is 6.44. The average Bonchev–Trinajstić information content (AvgIpc) is 2.36. The van der Waals surface area contributed by atoms with Gasteiger partial charge in [-0.3, -0.25) is 0 Å². The summed E-state index contributed by atoms with van der Waals surface area (Å²) in [6.07, 6.45) is 0. The minimum atomic E-state index is 0.649. The minimum Gasteiger partial charge on any atom is -0.354 e. The second-order valence-electron chi connectivity index (χ2n) is 4.21. The summed E-state index contributed by atoms with van der Waals surface area (Å²) in [5, 5.41) is 12.3. The van der Waals surface area contributed by atoms with Crippen LogP contribution in [-0.4, -0.2) is 0 Å². The molecule has 18 heavy (non-hydrogen) atoms. The first-order chi connectivity index (χ1) is 8.61. The van der Waals surface area contributed by atoms with E-state index in [4.69, 9.17) is 5.26 Å². The van der Waals surface area contributed by atoms with Crippen molar-refractivity contribution in [1.82, 2.24) is 0 Å². The molecule has 0 saturated heterocycles. The highest BCUT2D eigenvalue weighted by Crippen LogP contribution is 2.27. The summed E-state index contributed by atoms with van der Waals surface area (Å²) < 4.78 is 1.13. The first-order valence-electron chi connectivity index (χ1n) is 5.64. The van der Waals surface area contributed by atoms with Gasteiger partial charge in [0.1, 0.15) is 6.07 Å². The summed E-state index contributed by atoms with van der Waals surface area (Å²) >= 11 is 3.55. The van der Waals surface area contributed by atoms with Crippen molar-refractivity contribution < 1.29 is 0 Å². The van der Waals surface area contributed by atoms with E-state index in [0.717, 1.165) is 15.8 Å². The van der Waals surface area contributed by atoms with Gasteiger partial charge in [-0.1, -0.05) is 28.1 Å². The number of aryl methyl sites for hydroxylation is 2. The van der Waals surface area contributed by atoms with Gasteiger partial charge in [-0.25, -0.2) is 0 Å². The number of nitrogens with one attached hydrogen (secondary N) is 1. The molecular weight excluding hydrogens is 288 g/mol. The summed E-state index contributed by atoms with van der Waals surface area (Å²) in [6.45, 7) is 4.11. The van der Waals surface area contributed by atoms with Crippen LogP contribution in [0.15, 0.2) is 40.9 Å². The third-order valence-electron chi connectivity index (χ3n) is 2.76. The molecule has 0 bridgehead atoms. The van der Waals surface area contributed by atoms with E-state index >= 15 is 0 Å². The maximum Gasteiger partial charge on any atom is 0.101 e. The van der Waals surface area contributed by atoms with E-state index < -0.39 is 0 Å². The van der Waals surface area contributed by atoms with E-state index in [-0.39, 0.29) is 0 Å². The molecule has 0 spiro atoms. The van der Waals surface area contributed by atoms with Gasteiger partial charge in [0.15, 0.2) is 0 Å². The van der Waals surface area contributed by atoms with Crippen molar-refractivity contribution in [2.24, 2.45) is 0 Å². The third kappa shape index (κ3) is 2.55. The number of hydrogen-bond acceptors (Lipinski definition) is 2. The number of nitriles is 1. The zero-order chi connectivity index (χ0) is 13.1. The molecule has 0 aliphatic rings. The van der Waals surface area contributed by atoms with E-state index in [1.807, 2.05) is 18.2 Å². The van der Waals surface area contributed by atoms with Crippen molar-refractivity contribution in [2.45, 2.75) is 13.8 Å². The second-order valence-corrected chi connectivity index (χ2v) is 5.00. The van der Waals surface area contributed by atoms with Gasteiger partial charge in [0.05, 0.1) is 11.3 Å². The third-order valence-corrected chi connectivity index (χ3v) is 4.01. The van der Waals surface area contributed by atoms with Gasteiger partial charge in [0, 0.05) is 10.2 Å². The molecule has 2 rings (SSSR count). The van der Waals surface area contributed by atoms with Crippen LogP contribution in [-0.2, 0) is 0 Å². The lowest BCUT2D eigenvalue weighted by Crippen LogP contribution is -1.95. The van der Waals surface area contributed by atoms with E-state index in [1.54, 1.807) is 6.07 Å². The number of benzene rings is 2. The Labute approximate surface area is 115 Å². The van der Waals surface area contributed by atoms with Gasteiger partial charge < -0.3 is 5.32 Å². The largest absolute Gasteiger partial charge is 0.354 e. The van der Waals surface area contributed by atoms with E-state index in [2.05, 4.69) is 53.3 Å². The number of hydrogen-bond donors (Lipinski definition) is 1. The fourth-order valence-electron chi connectivity index (χ4n) is 1.86. The number of halogens is 1. The van der Waals surface area contributed by atoms with Gasteiger partial charge >= 0.3 is 0 Å². The average molecular weight is 301 g/mol. The molecular formula is C15H13BrN2. The number of para-hydroxylation sites is 1. The van der Waals surface area contributed by atoms with Gasteiger partial charge in [-0.2, -0.15) is 5.26 Å². The molecule has 0 fully saturated rings. The lowest BCUT2D eigenvalue weighted by Gasteiger charge is -2.11. The van der Waals surface area contributed by atoms with Crippen LogP contribution in [0.25, 0.3) is 0 Å². The molecule has 3 heteroatoms. The highest BCUT2D eigenvalue weighted by atomic mass is 79.9. The SMILES string of the molecule is Cc1cc(Nc2ccccc2C#N)cc(C)c1Br. The van der Waals surface area contributed by atoms with Crippen LogP contribution in [0.2, 0.25) is 0 Å². The van der Waals surface area contributed by atoms with Gasteiger partial charge in [-0.15, -0.1) is 0 Å². The van der Waals surface area contributed by atoms with Crippen LogP contribution in [0.3, 0.4) is 0 Å². The molecule has 0 atom stereocenters. The maximum absolute atomic E-state index is 9.05. The Balaban J connectivity index is 2.38. The van der Waals surface area contributed by atoms with Gasteiger partial charge in [-0.05, 0) is 49.2 Å². The first kappa shape index (κ1) is 12.7. The van der Waals surface area contributed by atoms with E-state index in [9.17, 15) is 0 Å². The Morgan fingerprint density at radius 3 is 2.33 bits per heavy atom. The predicted molar refractivity (Wildman–Crippen MR) is 78.1 cm³/mol. The second kappa shape index (κ2) is 5.24. The van der Waals surface area contributed by atoms with Crippen molar-refractivity contribution >= 4 is 27.3 Å². The molecule has 0 aromatic heterocycles. The Morgan fingerprint density at radius 2 is 1.72 bits per heavy atom. The molecule has 0 aliphatic carbocycles. The molecule has 1 N–H and O–H groups in total. The molecule has 0 aliphatic heterocycles. The van der Waals surface area contributed by atoms with Crippen molar-refractivity contribution in [3.63, 3.8) is 0 Å². The van der Waals surface area contributed by atoms with Crippen molar-refractivity contribution in [1.29, 1.82) is 5.26 Å². The summed E-state index contributed by atoms with van der Waals surface area (Å²) in [4.78, 5) is 0. The molecule has 0 saturated carbocycles. The van der Waals surface area contributed by atoms with Crippen molar-refractivity contribution in [2.75, 3.05) is 5.32 Å². The Morgan fingerprint density at radius 1 is 1.11 bits per heavy atom. The lowest BCUT2D eigenvalue weighted by molar-refractivity contribution is 1.33. The quantitative estimate of drug-likeness (QED) is 0.874. The van der Waals surface area contributed by atoms with E-state index in [0.29, 0.717) is 5.56 Å². The van der Waals surface area contributed by atoms with Crippen LogP contribution in [0.1, 0.15) is 16.7 Å². The molecule has 0 unspecified atom stereocenters. The summed E-state index contributed by atoms with van der Waals surface area (Å²) in [7, 11) is 0.